The minimum Gasteiger partial charge on any atom is -0.338 e. The summed E-state index contributed by atoms with van der Waals surface area (Å²) in [5.74, 6) is 0.794. The molecule has 0 unspecified atom stereocenters. The van der Waals surface area contributed by atoms with E-state index in [9.17, 15) is 4.79 Å². The largest absolute Gasteiger partial charge is 0.338 e. The maximum Gasteiger partial charge on any atom is 0.317 e. The molecule has 1 N–H and O–H groups in total. The van der Waals surface area contributed by atoms with Crippen LogP contribution in [-0.4, -0.2) is 72.1 Å². The third kappa shape index (κ3) is 6.16. The first-order valence-corrected chi connectivity index (χ1v) is 9.88. The summed E-state index contributed by atoms with van der Waals surface area (Å²) in [5.41, 5.74) is 1.55. The molecule has 1 saturated heterocycles. The summed E-state index contributed by atoms with van der Waals surface area (Å²) in [6, 6.07) is 11.2. The number of amides is 2. The topological polar surface area (TPSA) is 88.4 Å². The second-order valence-electron chi connectivity index (χ2n) is 7.13. The summed E-state index contributed by atoms with van der Waals surface area (Å²) >= 11 is 0. The third-order valence-corrected chi connectivity index (χ3v) is 4.96. The SMILES string of the molecule is CN(Cc1cccc(C#N)c1)C(=O)NCCCN1CCN(c2ncccn2)CC1. The van der Waals surface area contributed by atoms with E-state index < -0.39 is 0 Å². The summed E-state index contributed by atoms with van der Waals surface area (Å²) in [4.78, 5) is 27.1. The number of nitrogens with one attached hydrogen (secondary N) is 1. The second-order valence-corrected chi connectivity index (χ2v) is 7.13. The summed E-state index contributed by atoms with van der Waals surface area (Å²) in [7, 11) is 1.76. The van der Waals surface area contributed by atoms with Gasteiger partial charge in [-0.25, -0.2) is 14.8 Å². The van der Waals surface area contributed by atoms with Crippen LogP contribution in [0.15, 0.2) is 42.7 Å². The summed E-state index contributed by atoms with van der Waals surface area (Å²) in [5, 5.41) is 11.9. The molecular formula is C21H27N7O. The van der Waals surface area contributed by atoms with Gasteiger partial charge < -0.3 is 15.1 Å². The normalized spacial score (nSPS) is 14.3. The smallest absolute Gasteiger partial charge is 0.317 e. The van der Waals surface area contributed by atoms with Gasteiger partial charge in [0.15, 0.2) is 0 Å². The van der Waals surface area contributed by atoms with Crippen molar-refractivity contribution in [1.29, 1.82) is 5.26 Å². The second kappa shape index (κ2) is 10.4. The number of benzene rings is 1. The highest BCUT2D eigenvalue weighted by molar-refractivity contribution is 5.73. The van der Waals surface area contributed by atoms with Gasteiger partial charge in [-0.15, -0.1) is 0 Å². The molecule has 29 heavy (non-hydrogen) atoms. The predicted molar refractivity (Wildman–Crippen MR) is 111 cm³/mol. The molecule has 0 spiro atoms. The number of anilines is 1. The van der Waals surface area contributed by atoms with Gasteiger partial charge in [0, 0.05) is 58.7 Å². The van der Waals surface area contributed by atoms with Crippen molar-refractivity contribution in [1.82, 2.24) is 25.1 Å². The first-order valence-electron chi connectivity index (χ1n) is 9.88. The zero-order valence-electron chi connectivity index (χ0n) is 16.8. The number of urea groups is 1. The van der Waals surface area contributed by atoms with Crippen molar-refractivity contribution in [3.8, 4) is 6.07 Å². The zero-order valence-corrected chi connectivity index (χ0v) is 16.8. The molecule has 2 heterocycles. The van der Waals surface area contributed by atoms with E-state index in [0.29, 0.717) is 18.7 Å². The van der Waals surface area contributed by atoms with Gasteiger partial charge in [0.05, 0.1) is 11.6 Å². The van der Waals surface area contributed by atoms with Gasteiger partial charge >= 0.3 is 6.03 Å². The van der Waals surface area contributed by atoms with Crippen molar-refractivity contribution in [3.05, 3.63) is 53.9 Å². The molecule has 1 aromatic carbocycles. The number of carbonyl (C=O) groups excluding carboxylic acids is 1. The Balaban J connectivity index is 1.32. The first-order chi connectivity index (χ1) is 14.2. The molecule has 2 amide bonds. The van der Waals surface area contributed by atoms with Crippen molar-refractivity contribution in [2.24, 2.45) is 0 Å². The molecule has 0 aliphatic carbocycles. The fraction of sp³-hybridized carbons (Fsp3) is 0.429. The highest BCUT2D eigenvalue weighted by Crippen LogP contribution is 2.10. The summed E-state index contributed by atoms with van der Waals surface area (Å²) in [6.45, 7) is 5.86. The van der Waals surface area contributed by atoms with Crippen molar-refractivity contribution < 1.29 is 4.79 Å². The van der Waals surface area contributed by atoms with Crippen molar-refractivity contribution >= 4 is 12.0 Å². The van der Waals surface area contributed by atoms with E-state index in [1.54, 1.807) is 30.4 Å². The van der Waals surface area contributed by atoms with Gasteiger partial charge in [-0.05, 0) is 36.7 Å². The molecule has 152 valence electrons. The lowest BCUT2D eigenvalue weighted by molar-refractivity contribution is 0.205. The number of piperazine rings is 1. The molecule has 8 nitrogen and oxygen atoms in total. The van der Waals surface area contributed by atoms with Gasteiger partial charge in [0.1, 0.15) is 0 Å². The lowest BCUT2D eigenvalue weighted by Gasteiger charge is -2.34. The fourth-order valence-electron chi connectivity index (χ4n) is 3.34. The Bertz CT molecular complexity index is 828. The number of rotatable bonds is 7. The minimum atomic E-state index is -0.0987. The molecular weight excluding hydrogens is 366 g/mol. The summed E-state index contributed by atoms with van der Waals surface area (Å²) < 4.78 is 0. The Morgan fingerprint density at radius 3 is 2.69 bits per heavy atom. The van der Waals surface area contributed by atoms with Gasteiger partial charge in [-0.1, -0.05) is 12.1 Å². The average Bonchev–Trinajstić information content (AvgIpc) is 2.77. The molecule has 1 fully saturated rings. The van der Waals surface area contributed by atoms with Gasteiger partial charge in [-0.3, -0.25) is 4.90 Å². The van der Waals surface area contributed by atoms with E-state index in [0.717, 1.165) is 50.7 Å². The van der Waals surface area contributed by atoms with Crippen molar-refractivity contribution in [2.45, 2.75) is 13.0 Å². The number of hydrogen-bond acceptors (Lipinski definition) is 6. The predicted octanol–water partition coefficient (Wildman–Crippen LogP) is 1.70. The first kappa shape index (κ1) is 20.6. The Morgan fingerprint density at radius 1 is 1.21 bits per heavy atom. The van der Waals surface area contributed by atoms with Crippen LogP contribution in [0.3, 0.4) is 0 Å². The van der Waals surface area contributed by atoms with E-state index in [-0.39, 0.29) is 6.03 Å². The van der Waals surface area contributed by atoms with Gasteiger partial charge in [0.2, 0.25) is 5.95 Å². The van der Waals surface area contributed by atoms with E-state index >= 15 is 0 Å². The molecule has 0 saturated carbocycles. The van der Waals surface area contributed by atoms with Crippen LogP contribution in [0, 0.1) is 11.3 Å². The molecule has 1 aliphatic rings. The Morgan fingerprint density at radius 2 is 1.97 bits per heavy atom. The Hall–Kier alpha value is -3.18. The quantitative estimate of drug-likeness (QED) is 0.721. The lowest BCUT2D eigenvalue weighted by Crippen LogP contribution is -2.47. The Kier molecular flexibility index (Phi) is 7.36. The van der Waals surface area contributed by atoms with Crippen LogP contribution in [0.1, 0.15) is 17.5 Å². The molecule has 8 heteroatoms. The number of carbonyl (C=O) groups is 1. The number of aromatic nitrogens is 2. The van der Waals surface area contributed by atoms with Crippen LogP contribution in [-0.2, 0) is 6.54 Å². The van der Waals surface area contributed by atoms with Crippen LogP contribution >= 0.6 is 0 Å². The minimum absolute atomic E-state index is 0.0987. The maximum absolute atomic E-state index is 12.3. The van der Waals surface area contributed by atoms with Crippen LogP contribution in [0.2, 0.25) is 0 Å². The highest BCUT2D eigenvalue weighted by Gasteiger charge is 2.18. The molecule has 0 bridgehead atoms. The van der Waals surface area contributed by atoms with E-state index in [2.05, 4.69) is 31.2 Å². The molecule has 0 radical (unpaired) electrons. The highest BCUT2D eigenvalue weighted by atomic mass is 16.2. The third-order valence-electron chi connectivity index (χ3n) is 4.96. The molecule has 1 aliphatic heterocycles. The lowest BCUT2D eigenvalue weighted by atomic mass is 10.1. The van der Waals surface area contributed by atoms with Crippen molar-refractivity contribution in [3.63, 3.8) is 0 Å². The molecule has 0 atom stereocenters. The number of nitriles is 1. The average molecular weight is 393 g/mol. The van der Waals surface area contributed by atoms with Gasteiger partial charge in [0.25, 0.3) is 0 Å². The monoisotopic (exact) mass is 393 g/mol. The maximum atomic E-state index is 12.3. The number of nitrogens with zero attached hydrogens (tertiary/aromatic N) is 6. The fourth-order valence-corrected chi connectivity index (χ4v) is 3.34. The van der Waals surface area contributed by atoms with E-state index in [4.69, 9.17) is 5.26 Å². The molecule has 1 aromatic heterocycles. The van der Waals surface area contributed by atoms with Gasteiger partial charge in [-0.2, -0.15) is 5.26 Å². The zero-order chi connectivity index (χ0) is 20.5. The standard InChI is InChI=1S/C21H27N7O/c1-26(17-19-6-2-5-18(15-19)16-22)21(29)25-9-4-10-27-11-13-28(14-12-27)20-23-7-3-8-24-20/h2-3,5-8,15H,4,9-14,17H2,1H3,(H,25,29). The van der Waals surface area contributed by atoms with Crippen LogP contribution in [0.25, 0.3) is 0 Å². The van der Waals surface area contributed by atoms with Crippen LogP contribution in [0.4, 0.5) is 10.7 Å². The number of hydrogen-bond donors (Lipinski definition) is 1. The molecule has 2 aromatic rings. The van der Waals surface area contributed by atoms with Crippen LogP contribution in [0.5, 0.6) is 0 Å². The Labute approximate surface area is 171 Å². The van der Waals surface area contributed by atoms with Crippen molar-refractivity contribution in [2.75, 3.05) is 51.2 Å². The van der Waals surface area contributed by atoms with Crippen LogP contribution < -0.4 is 10.2 Å². The summed E-state index contributed by atoms with van der Waals surface area (Å²) in [6.07, 6.45) is 4.45. The van der Waals surface area contributed by atoms with E-state index in [1.807, 2.05) is 24.3 Å². The van der Waals surface area contributed by atoms with E-state index in [1.165, 1.54) is 0 Å². The molecule has 3 rings (SSSR count).